The number of hydrogen-bond donors (Lipinski definition) is 1. The fraction of sp³-hybridized carbons (Fsp3) is 0.182. The summed E-state index contributed by atoms with van der Waals surface area (Å²) >= 11 is 1.31. The summed E-state index contributed by atoms with van der Waals surface area (Å²) in [7, 11) is 1.57. The van der Waals surface area contributed by atoms with Crippen LogP contribution in [0, 0.1) is 5.82 Å². The van der Waals surface area contributed by atoms with Crippen molar-refractivity contribution in [3.63, 3.8) is 0 Å². The lowest BCUT2D eigenvalue weighted by molar-refractivity contribution is -0.111. The molecule has 1 N–H and O–H groups in total. The van der Waals surface area contributed by atoms with E-state index in [9.17, 15) is 9.18 Å². The lowest BCUT2D eigenvalue weighted by Gasteiger charge is -2.13. The smallest absolute Gasteiger partial charge is 0.250 e. The number of nitrogens with one attached hydrogen (secondary N) is 1. The number of hydrogen-bond acceptors (Lipinski definition) is 5. The average Bonchev–Trinajstić information content (AvgIpc) is 3.15. The van der Waals surface area contributed by atoms with E-state index in [4.69, 9.17) is 9.47 Å². The maximum Gasteiger partial charge on any atom is 0.250 e. The Balaban J connectivity index is 1.65. The van der Waals surface area contributed by atoms with Crippen molar-refractivity contribution in [2.75, 3.05) is 12.4 Å². The first kappa shape index (κ1) is 20.5. The van der Waals surface area contributed by atoms with Crippen LogP contribution in [-0.4, -0.2) is 24.1 Å². The number of aromatic nitrogens is 1. The number of nitrogens with zero attached hydrogens (tertiary/aromatic N) is 1. The van der Waals surface area contributed by atoms with E-state index in [1.54, 1.807) is 31.4 Å². The van der Waals surface area contributed by atoms with Crippen LogP contribution in [0.25, 0.3) is 17.3 Å². The second-order valence-electron chi connectivity index (χ2n) is 6.44. The Morgan fingerprint density at radius 2 is 1.93 bits per heavy atom. The van der Waals surface area contributed by atoms with Gasteiger partial charge in [0.15, 0.2) is 16.6 Å². The van der Waals surface area contributed by atoms with E-state index in [0.717, 1.165) is 11.1 Å². The molecule has 0 spiro atoms. The van der Waals surface area contributed by atoms with Crippen LogP contribution in [0.3, 0.4) is 0 Å². The average molecular weight is 412 g/mol. The van der Waals surface area contributed by atoms with E-state index in [0.29, 0.717) is 22.3 Å². The number of benzene rings is 2. The minimum atomic E-state index is -0.303. The van der Waals surface area contributed by atoms with Crippen molar-refractivity contribution in [3.8, 4) is 22.8 Å². The molecule has 0 saturated carbocycles. The topological polar surface area (TPSA) is 60.5 Å². The molecule has 0 aliphatic carbocycles. The summed E-state index contributed by atoms with van der Waals surface area (Å²) in [5, 5.41) is 5.01. The third-order valence-electron chi connectivity index (χ3n) is 3.85. The molecule has 3 aromatic rings. The van der Waals surface area contributed by atoms with E-state index in [2.05, 4.69) is 10.3 Å². The van der Waals surface area contributed by atoms with Gasteiger partial charge in [0, 0.05) is 17.0 Å². The number of halogens is 1. The fourth-order valence-corrected chi connectivity index (χ4v) is 3.27. The van der Waals surface area contributed by atoms with Crippen LogP contribution >= 0.6 is 11.3 Å². The highest BCUT2D eigenvalue weighted by molar-refractivity contribution is 7.14. The van der Waals surface area contributed by atoms with Crippen molar-refractivity contribution in [2.24, 2.45) is 0 Å². The lowest BCUT2D eigenvalue weighted by atomic mass is 10.2. The van der Waals surface area contributed by atoms with Crippen LogP contribution in [0.4, 0.5) is 9.52 Å². The molecule has 1 amide bonds. The van der Waals surface area contributed by atoms with E-state index >= 15 is 0 Å². The van der Waals surface area contributed by atoms with E-state index in [1.165, 1.54) is 29.5 Å². The van der Waals surface area contributed by atoms with Gasteiger partial charge in [-0.15, -0.1) is 11.3 Å². The second-order valence-corrected chi connectivity index (χ2v) is 7.30. The van der Waals surface area contributed by atoms with Crippen LogP contribution in [-0.2, 0) is 4.79 Å². The molecular formula is C22H21FN2O3S. The van der Waals surface area contributed by atoms with Crippen molar-refractivity contribution in [2.45, 2.75) is 20.0 Å². The van der Waals surface area contributed by atoms with Crippen molar-refractivity contribution in [1.29, 1.82) is 0 Å². The molecule has 1 heterocycles. The zero-order chi connectivity index (χ0) is 20.8. The highest BCUT2D eigenvalue weighted by atomic mass is 32.1. The molecule has 0 aliphatic rings. The summed E-state index contributed by atoms with van der Waals surface area (Å²) < 4.78 is 24.1. The van der Waals surface area contributed by atoms with Gasteiger partial charge < -0.3 is 9.47 Å². The van der Waals surface area contributed by atoms with E-state index < -0.39 is 0 Å². The quantitative estimate of drug-likeness (QED) is 0.528. The van der Waals surface area contributed by atoms with Crippen molar-refractivity contribution >= 4 is 28.5 Å². The minimum absolute atomic E-state index is 0.0363. The van der Waals surface area contributed by atoms with Gasteiger partial charge >= 0.3 is 0 Å². The molecule has 5 nitrogen and oxygen atoms in total. The minimum Gasteiger partial charge on any atom is -0.493 e. The number of ether oxygens (including phenoxy) is 2. The predicted molar refractivity (Wildman–Crippen MR) is 114 cm³/mol. The number of carbonyl (C=O) groups is 1. The summed E-state index contributed by atoms with van der Waals surface area (Å²) in [6.45, 7) is 3.88. The molecule has 0 atom stereocenters. The number of anilines is 1. The Kier molecular flexibility index (Phi) is 6.61. The molecule has 3 rings (SSSR count). The highest BCUT2D eigenvalue weighted by Crippen LogP contribution is 2.29. The summed E-state index contributed by atoms with van der Waals surface area (Å²) in [4.78, 5) is 16.6. The molecule has 0 radical (unpaired) electrons. The number of methoxy groups -OCH3 is 1. The Morgan fingerprint density at radius 3 is 2.62 bits per heavy atom. The van der Waals surface area contributed by atoms with Crippen LogP contribution < -0.4 is 14.8 Å². The number of thiazole rings is 1. The number of rotatable bonds is 7. The largest absolute Gasteiger partial charge is 0.493 e. The lowest BCUT2D eigenvalue weighted by Crippen LogP contribution is -2.07. The first-order chi connectivity index (χ1) is 13.9. The highest BCUT2D eigenvalue weighted by Gasteiger charge is 2.08. The summed E-state index contributed by atoms with van der Waals surface area (Å²) in [6.07, 6.45) is 3.15. The normalized spacial score (nSPS) is 11.1. The van der Waals surface area contributed by atoms with Gasteiger partial charge in [-0.3, -0.25) is 10.1 Å². The van der Waals surface area contributed by atoms with Crippen molar-refractivity contribution in [3.05, 3.63) is 65.3 Å². The molecule has 0 fully saturated rings. The predicted octanol–water partition coefficient (Wildman–Crippen LogP) is 5.40. The summed E-state index contributed by atoms with van der Waals surface area (Å²) in [5.41, 5.74) is 2.27. The van der Waals surface area contributed by atoms with E-state index in [-0.39, 0.29) is 17.8 Å². The molecule has 150 valence electrons. The monoisotopic (exact) mass is 412 g/mol. The Hall–Kier alpha value is -3.19. The maximum absolute atomic E-state index is 13.0. The summed E-state index contributed by atoms with van der Waals surface area (Å²) in [6, 6.07) is 11.5. The van der Waals surface area contributed by atoms with Crippen LogP contribution in [0.15, 0.2) is 53.9 Å². The number of carbonyl (C=O) groups excluding carboxylic acids is 1. The molecule has 1 aromatic heterocycles. The molecule has 0 unspecified atom stereocenters. The van der Waals surface area contributed by atoms with Crippen molar-refractivity contribution in [1.82, 2.24) is 4.98 Å². The van der Waals surface area contributed by atoms with Gasteiger partial charge in [-0.2, -0.15) is 0 Å². The van der Waals surface area contributed by atoms with Gasteiger partial charge in [-0.05, 0) is 61.9 Å². The molecule has 7 heteroatoms. The van der Waals surface area contributed by atoms with E-state index in [1.807, 2.05) is 31.4 Å². The Labute approximate surface area is 172 Å². The first-order valence-electron chi connectivity index (χ1n) is 9.00. The fourth-order valence-electron chi connectivity index (χ4n) is 2.54. The third-order valence-corrected chi connectivity index (χ3v) is 4.61. The van der Waals surface area contributed by atoms with Crippen molar-refractivity contribution < 1.29 is 18.7 Å². The van der Waals surface area contributed by atoms with Crippen LogP contribution in [0.1, 0.15) is 19.4 Å². The zero-order valence-corrected chi connectivity index (χ0v) is 17.1. The van der Waals surface area contributed by atoms with Crippen LogP contribution in [0.2, 0.25) is 0 Å². The molecular weight excluding hydrogens is 391 g/mol. The first-order valence-corrected chi connectivity index (χ1v) is 9.88. The van der Waals surface area contributed by atoms with Gasteiger partial charge in [0.2, 0.25) is 5.91 Å². The molecule has 0 bridgehead atoms. The molecule has 2 aromatic carbocycles. The van der Waals surface area contributed by atoms with Gasteiger partial charge in [-0.25, -0.2) is 9.37 Å². The standard InChI is InChI=1S/C22H21FN2O3S/c1-14(2)28-19-10-4-15(12-20(19)27-3)5-11-21(26)25-22-24-18(13-29-22)16-6-8-17(23)9-7-16/h4-14H,1-3H3,(H,24,25,26)/b11-5+. The summed E-state index contributed by atoms with van der Waals surface area (Å²) in [5.74, 6) is 0.653. The van der Waals surface area contributed by atoms with Gasteiger partial charge in [-0.1, -0.05) is 6.07 Å². The zero-order valence-electron chi connectivity index (χ0n) is 16.3. The molecule has 0 aliphatic heterocycles. The van der Waals surface area contributed by atoms with Gasteiger partial charge in [0.05, 0.1) is 18.9 Å². The number of amides is 1. The second kappa shape index (κ2) is 9.34. The van der Waals surface area contributed by atoms with Gasteiger partial charge in [0.1, 0.15) is 5.82 Å². The van der Waals surface area contributed by atoms with Gasteiger partial charge in [0.25, 0.3) is 0 Å². The van der Waals surface area contributed by atoms with Crippen LogP contribution in [0.5, 0.6) is 11.5 Å². The maximum atomic E-state index is 13.0. The Bertz CT molecular complexity index is 1010. The molecule has 0 saturated heterocycles. The Morgan fingerprint density at radius 1 is 1.17 bits per heavy atom. The molecule has 29 heavy (non-hydrogen) atoms. The third kappa shape index (κ3) is 5.65. The SMILES string of the molecule is COc1cc(/C=C/C(=O)Nc2nc(-c3ccc(F)cc3)cs2)ccc1OC(C)C.